The molecule has 2 aromatic carbocycles. The maximum atomic E-state index is 13.6. The number of aromatic nitrogens is 1. The van der Waals surface area contributed by atoms with Crippen LogP contribution >= 0.6 is 22.9 Å². The average molecular weight is 370 g/mol. The number of hydrogen-bond acceptors (Lipinski definition) is 5. The average Bonchev–Trinajstić information content (AvgIpc) is 2.89. The summed E-state index contributed by atoms with van der Waals surface area (Å²) in [6.07, 6.45) is 0. The molecule has 1 heterocycles. The number of carbonyl (C=O) groups is 1. The van der Waals surface area contributed by atoms with E-state index >= 15 is 0 Å². The van der Waals surface area contributed by atoms with Gasteiger partial charge in [0, 0.05) is 17.2 Å². The first-order chi connectivity index (χ1) is 11.3. The van der Waals surface area contributed by atoms with Gasteiger partial charge in [-0.15, -0.1) is 0 Å². The second-order valence-corrected chi connectivity index (χ2v) is 6.09. The number of thiazole rings is 1. The summed E-state index contributed by atoms with van der Waals surface area (Å²) in [5, 5.41) is 13.5. The van der Waals surface area contributed by atoms with E-state index in [4.69, 9.17) is 11.6 Å². The van der Waals surface area contributed by atoms with Crippen molar-refractivity contribution < 1.29 is 18.5 Å². The number of benzene rings is 2. The molecule has 0 unspecified atom stereocenters. The van der Waals surface area contributed by atoms with Crippen LogP contribution in [0.5, 0.6) is 0 Å². The van der Waals surface area contributed by atoms with Crippen molar-refractivity contribution in [3.8, 4) is 0 Å². The van der Waals surface area contributed by atoms with E-state index in [9.17, 15) is 23.7 Å². The number of amides is 1. The predicted molar refractivity (Wildman–Crippen MR) is 85.6 cm³/mol. The zero-order valence-electron chi connectivity index (χ0n) is 11.5. The number of nitrogens with one attached hydrogen (secondary N) is 1. The third-order valence-electron chi connectivity index (χ3n) is 3.03. The second kappa shape index (κ2) is 6.10. The standard InChI is InChI=1S/C14H6ClF2N3O3S/c15-6-1-2-8(10(3-6)20(22)23)13(21)19-14-18-12-9(17)4-7(16)5-11(12)24-14/h1-5H,(H,18,19,21). The van der Waals surface area contributed by atoms with Crippen molar-refractivity contribution in [1.82, 2.24) is 4.98 Å². The minimum absolute atomic E-state index is 0.0104. The van der Waals surface area contributed by atoms with Gasteiger partial charge in [0.25, 0.3) is 11.6 Å². The zero-order valence-corrected chi connectivity index (χ0v) is 13.1. The fourth-order valence-corrected chi connectivity index (χ4v) is 3.09. The highest BCUT2D eigenvalue weighted by molar-refractivity contribution is 7.22. The number of anilines is 1. The Kier molecular flexibility index (Phi) is 4.12. The number of nitrogens with zero attached hydrogens (tertiary/aromatic N) is 2. The Balaban J connectivity index is 1.96. The Morgan fingerprint density at radius 2 is 2.04 bits per heavy atom. The lowest BCUT2D eigenvalue weighted by Crippen LogP contribution is -2.13. The van der Waals surface area contributed by atoms with Gasteiger partial charge in [0.2, 0.25) is 0 Å². The third-order valence-corrected chi connectivity index (χ3v) is 4.19. The molecule has 0 aliphatic carbocycles. The highest BCUT2D eigenvalue weighted by atomic mass is 35.5. The SMILES string of the molecule is O=C(Nc1nc2c(F)cc(F)cc2s1)c1ccc(Cl)cc1[N+](=O)[O-]. The summed E-state index contributed by atoms with van der Waals surface area (Å²) in [6.45, 7) is 0. The van der Waals surface area contributed by atoms with Crippen molar-refractivity contribution in [3.63, 3.8) is 0 Å². The van der Waals surface area contributed by atoms with Gasteiger partial charge >= 0.3 is 0 Å². The van der Waals surface area contributed by atoms with Gasteiger partial charge in [0.05, 0.1) is 9.62 Å². The maximum absolute atomic E-state index is 13.6. The lowest BCUT2D eigenvalue weighted by Gasteiger charge is -2.03. The van der Waals surface area contributed by atoms with Gasteiger partial charge in [0.15, 0.2) is 10.9 Å². The van der Waals surface area contributed by atoms with Gasteiger partial charge in [-0.1, -0.05) is 22.9 Å². The Labute approximate surface area is 141 Å². The van der Waals surface area contributed by atoms with Gasteiger partial charge in [-0.05, 0) is 18.2 Å². The van der Waals surface area contributed by atoms with Crippen molar-refractivity contribution in [2.45, 2.75) is 0 Å². The van der Waals surface area contributed by atoms with E-state index in [2.05, 4.69) is 10.3 Å². The van der Waals surface area contributed by atoms with Crippen LogP contribution in [-0.2, 0) is 0 Å². The van der Waals surface area contributed by atoms with Gasteiger partial charge in [-0.2, -0.15) is 0 Å². The second-order valence-electron chi connectivity index (χ2n) is 4.63. The van der Waals surface area contributed by atoms with E-state index in [1.165, 1.54) is 12.1 Å². The number of nitro benzene ring substituents is 1. The number of fused-ring (bicyclic) bond motifs is 1. The highest BCUT2D eigenvalue weighted by Gasteiger charge is 2.22. The topological polar surface area (TPSA) is 85.1 Å². The van der Waals surface area contributed by atoms with Crippen LogP contribution in [0, 0.1) is 21.7 Å². The van der Waals surface area contributed by atoms with Gasteiger partial charge in [-0.25, -0.2) is 13.8 Å². The summed E-state index contributed by atoms with van der Waals surface area (Å²) in [6, 6.07) is 5.33. The Bertz CT molecular complexity index is 993. The molecule has 0 fully saturated rings. The highest BCUT2D eigenvalue weighted by Crippen LogP contribution is 2.30. The summed E-state index contributed by atoms with van der Waals surface area (Å²) >= 11 is 6.53. The van der Waals surface area contributed by atoms with E-state index in [1.807, 2.05) is 0 Å². The smallest absolute Gasteiger partial charge is 0.283 e. The molecule has 0 saturated carbocycles. The van der Waals surface area contributed by atoms with Crippen molar-refractivity contribution >= 4 is 49.9 Å². The number of carbonyl (C=O) groups excluding carboxylic acids is 1. The fourth-order valence-electron chi connectivity index (χ4n) is 2.02. The van der Waals surface area contributed by atoms with E-state index < -0.39 is 28.2 Å². The van der Waals surface area contributed by atoms with Crippen LogP contribution in [0.2, 0.25) is 5.02 Å². The summed E-state index contributed by atoms with van der Waals surface area (Å²) < 4.78 is 27.0. The van der Waals surface area contributed by atoms with Crippen LogP contribution in [0.3, 0.4) is 0 Å². The van der Waals surface area contributed by atoms with Crippen molar-refractivity contribution in [3.05, 3.63) is 62.7 Å². The number of hydrogen-bond donors (Lipinski definition) is 1. The first-order valence-electron chi connectivity index (χ1n) is 6.36. The van der Waals surface area contributed by atoms with Crippen molar-refractivity contribution in [2.75, 3.05) is 5.32 Å². The molecule has 0 bridgehead atoms. The first-order valence-corrected chi connectivity index (χ1v) is 7.55. The third kappa shape index (κ3) is 3.03. The summed E-state index contributed by atoms with van der Waals surface area (Å²) in [5.41, 5.74) is -0.795. The molecular formula is C14H6ClF2N3O3S. The normalized spacial score (nSPS) is 10.8. The lowest BCUT2D eigenvalue weighted by atomic mass is 10.1. The summed E-state index contributed by atoms with van der Waals surface area (Å²) in [5.74, 6) is -2.44. The molecule has 0 saturated heterocycles. The van der Waals surface area contributed by atoms with E-state index in [0.717, 1.165) is 23.5 Å². The Morgan fingerprint density at radius 1 is 1.29 bits per heavy atom. The maximum Gasteiger partial charge on any atom is 0.283 e. The van der Waals surface area contributed by atoms with Crippen LogP contribution in [0.15, 0.2) is 30.3 Å². The summed E-state index contributed by atoms with van der Waals surface area (Å²) in [4.78, 5) is 26.4. The van der Waals surface area contributed by atoms with E-state index in [0.29, 0.717) is 6.07 Å². The molecule has 6 nitrogen and oxygen atoms in total. The van der Waals surface area contributed by atoms with Gasteiger partial charge in [0.1, 0.15) is 16.9 Å². The molecule has 0 radical (unpaired) electrons. The van der Waals surface area contributed by atoms with Crippen LogP contribution in [0.25, 0.3) is 10.2 Å². The molecule has 1 amide bonds. The molecule has 10 heteroatoms. The predicted octanol–water partition coefficient (Wildman–Crippen LogP) is 4.39. The number of rotatable bonds is 3. The molecule has 0 aliphatic heterocycles. The molecule has 3 aromatic rings. The van der Waals surface area contributed by atoms with Gasteiger partial charge in [-0.3, -0.25) is 20.2 Å². The molecule has 122 valence electrons. The fraction of sp³-hybridized carbons (Fsp3) is 0. The van der Waals surface area contributed by atoms with Crippen LogP contribution < -0.4 is 5.32 Å². The van der Waals surface area contributed by atoms with E-state index in [-0.39, 0.29) is 25.9 Å². The molecule has 0 spiro atoms. The molecule has 1 aromatic heterocycles. The Morgan fingerprint density at radius 3 is 2.75 bits per heavy atom. The molecule has 0 atom stereocenters. The number of nitro groups is 1. The van der Waals surface area contributed by atoms with Crippen molar-refractivity contribution in [1.29, 1.82) is 0 Å². The number of halogens is 3. The quantitative estimate of drug-likeness (QED) is 0.548. The van der Waals surface area contributed by atoms with Crippen molar-refractivity contribution in [2.24, 2.45) is 0 Å². The molecule has 0 aliphatic rings. The first kappa shape index (κ1) is 16.2. The van der Waals surface area contributed by atoms with Crippen LogP contribution in [0.4, 0.5) is 19.6 Å². The van der Waals surface area contributed by atoms with Crippen LogP contribution in [-0.4, -0.2) is 15.8 Å². The zero-order chi connectivity index (χ0) is 17.4. The largest absolute Gasteiger partial charge is 0.298 e. The molecule has 3 rings (SSSR count). The molecule has 1 N–H and O–H groups in total. The van der Waals surface area contributed by atoms with Crippen LogP contribution in [0.1, 0.15) is 10.4 Å². The Hall–Kier alpha value is -2.65. The lowest BCUT2D eigenvalue weighted by molar-refractivity contribution is -0.385. The minimum Gasteiger partial charge on any atom is -0.298 e. The van der Waals surface area contributed by atoms with E-state index in [1.54, 1.807) is 0 Å². The minimum atomic E-state index is -0.862. The molecular weight excluding hydrogens is 364 g/mol. The molecule has 24 heavy (non-hydrogen) atoms. The summed E-state index contributed by atoms with van der Waals surface area (Å²) in [7, 11) is 0. The van der Waals surface area contributed by atoms with Gasteiger partial charge < -0.3 is 0 Å². The monoisotopic (exact) mass is 369 g/mol.